The highest BCUT2D eigenvalue weighted by Crippen LogP contribution is 2.35. The van der Waals surface area contributed by atoms with Crippen molar-refractivity contribution in [3.8, 4) is 6.07 Å². The lowest BCUT2D eigenvalue weighted by molar-refractivity contribution is -0.117. The summed E-state index contributed by atoms with van der Waals surface area (Å²) in [5, 5.41) is 15.9. The van der Waals surface area contributed by atoms with E-state index in [-0.39, 0.29) is 11.8 Å². The summed E-state index contributed by atoms with van der Waals surface area (Å²) in [7, 11) is 0. The second kappa shape index (κ2) is 10.3. The van der Waals surface area contributed by atoms with Crippen molar-refractivity contribution >= 4 is 11.6 Å². The van der Waals surface area contributed by atoms with E-state index >= 15 is 0 Å². The van der Waals surface area contributed by atoms with Gasteiger partial charge in [-0.1, -0.05) is 42.5 Å². The molecule has 2 aromatic rings. The van der Waals surface area contributed by atoms with Gasteiger partial charge in [0.2, 0.25) is 5.91 Å². The van der Waals surface area contributed by atoms with Crippen LogP contribution >= 0.6 is 0 Å². The first-order chi connectivity index (χ1) is 15.7. The Hall–Kier alpha value is -3.40. The van der Waals surface area contributed by atoms with Crippen LogP contribution < -0.4 is 10.6 Å². The lowest BCUT2D eigenvalue weighted by Gasteiger charge is -2.29. The molecule has 6 heteroatoms. The Morgan fingerprint density at radius 2 is 1.97 bits per heavy atom. The van der Waals surface area contributed by atoms with Crippen LogP contribution in [0, 0.1) is 11.3 Å². The third kappa shape index (κ3) is 5.08. The molecule has 0 spiro atoms. The first-order valence-electron chi connectivity index (χ1n) is 11.0. The third-order valence-corrected chi connectivity index (χ3v) is 5.89. The maximum absolute atomic E-state index is 13.3. The minimum absolute atomic E-state index is 0.0843. The van der Waals surface area contributed by atoms with Crippen molar-refractivity contribution < 1.29 is 9.53 Å². The van der Waals surface area contributed by atoms with E-state index in [4.69, 9.17) is 4.74 Å². The maximum Gasteiger partial charge on any atom is 0.249 e. The summed E-state index contributed by atoms with van der Waals surface area (Å²) in [4.78, 5) is 15.6. The van der Waals surface area contributed by atoms with E-state index in [9.17, 15) is 10.1 Å². The number of allylic oxidation sites excluding steroid dienone is 2. The van der Waals surface area contributed by atoms with Gasteiger partial charge in [-0.05, 0) is 36.3 Å². The largest absolute Gasteiger partial charge is 0.379 e. The van der Waals surface area contributed by atoms with E-state index in [1.165, 1.54) is 0 Å². The number of dihydropyridines is 1. The molecular formula is C26H28N4O2. The first kappa shape index (κ1) is 21.8. The quantitative estimate of drug-likeness (QED) is 0.740. The Balaban J connectivity index is 1.58. The van der Waals surface area contributed by atoms with Crippen LogP contribution in [0.3, 0.4) is 0 Å². The molecule has 6 nitrogen and oxygen atoms in total. The molecular weight excluding hydrogens is 400 g/mol. The van der Waals surface area contributed by atoms with E-state index in [1.54, 1.807) is 6.07 Å². The first-order valence-corrected chi connectivity index (χ1v) is 11.0. The molecule has 0 aliphatic carbocycles. The standard InChI is InChI=1S/C26H28N4O2/c1-19-25(26(31)28-10-11-30-12-14-32-15-13-30)23(22-9-5-6-20(16-22)18-27)17-24(29-19)21-7-3-2-4-8-21/h2-9,16-17,23,29H,10-15H2,1H3,(H,28,31). The fourth-order valence-electron chi connectivity index (χ4n) is 4.20. The number of benzene rings is 2. The predicted molar refractivity (Wildman–Crippen MR) is 124 cm³/mol. The highest BCUT2D eigenvalue weighted by atomic mass is 16.5. The Morgan fingerprint density at radius 3 is 2.72 bits per heavy atom. The number of nitrogens with one attached hydrogen (secondary N) is 2. The Kier molecular flexibility index (Phi) is 7.00. The number of carbonyl (C=O) groups excluding carboxylic acids is 1. The van der Waals surface area contributed by atoms with Crippen molar-refractivity contribution in [2.24, 2.45) is 0 Å². The van der Waals surface area contributed by atoms with Gasteiger partial charge in [0, 0.05) is 49.1 Å². The molecule has 1 fully saturated rings. The van der Waals surface area contributed by atoms with Gasteiger partial charge in [0.05, 0.1) is 24.8 Å². The molecule has 1 unspecified atom stereocenters. The monoisotopic (exact) mass is 428 g/mol. The predicted octanol–water partition coefficient (Wildman–Crippen LogP) is 3.01. The van der Waals surface area contributed by atoms with E-state index in [2.05, 4.69) is 27.7 Å². The number of nitriles is 1. The van der Waals surface area contributed by atoms with Crippen molar-refractivity contribution in [2.45, 2.75) is 12.8 Å². The molecule has 2 N–H and O–H groups in total. The number of hydrogen-bond acceptors (Lipinski definition) is 5. The van der Waals surface area contributed by atoms with Gasteiger partial charge in [-0.15, -0.1) is 0 Å². The van der Waals surface area contributed by atoms with Crippen LogP contribution in [0.1, 0.15) is 29.5 Å². The second-order valence-corrected chi connectivity index (χ2v) is 8.03. The molecule has 0 aromatic heterocycles. The van der Waals surface area contributed by atoms with E-state index in [0.29, 0.717) is 17.7 Å². The summed E-state index contributed by atoms with van der Waals surface area (Å²) in [5.41, 5.74) is 5.03. The summed E-state index contributed by atoms with van der Waals surface area (Å²) in [6, 6.07) is 19.8. The van der Waals surface area contributed by atoms with Crippen LogP contribution in [0.5, 0.6) is 0 Å². The van der Waals surface area contributed by atoms with Gasteiger partial charge < -0.3 is 15.4 Å². The Labute approximate surface area is 189 Å². The molecule has 2 aliphatic rings. The summed E-state index contributed by atoms with van der Waals surface area (Å²) < 4.78 is 5.39. The summed E-state index contributed by atoms with van der Waals surface area (Å²) in [5.74, 6) is -0.331. The molecule has 0 bridgehead atoms. The number of carbonyl (C=O) groups is 1. The number of ether oxygens (including phenoxy) is 1. The smallest absolute Gasteiger partial charge is 0.249 e. The normalized spacial score (nSPS) is 19.0. The van der Waals surface area contributed by atoms with E-state index < -0.39 is 0 Å². The van der Waals surface area contributed by atoms with Crippen molar-refractivity contribution in [3.05, 3.63) is 88.6 Å². The Morgan fingerprint density at radius 1 is 1.19 bits per heavy atom. The van der Waals surface area contributed by atoms with Crippen LogP contribution in [0.25, 0.3) is 5.70 Å². The average molecular weight is 429 g/mol. The third-order valence-electron chi connectivity index (χ3n) is 5.89. The molecule has 32 heavy (non-hydrogen) atoms. The Bertz CT molecular complexity index is 1060. The maximum atomic E-state index is 13.3. The van der Waals surface area contributed by atoms with Crippen LogP contribution in [0.4, 0.5) is 0 Å². The number of nitrogens with zero attached hydrogens (tertiary/aromatic N) is 2. The highest BCUT2D eigenvalue weighted by molar-refractivity contribution is 5.97. The van der Waals surface area contributed by atoms with Gasteiger partial charge >= 0.3 is 0 Å². The fourth-order valence-corrected chi connectivity index (χ4v) is 4.20. The molecule has 1 saturated heterocycles. The van der Waals surface area contributed by atoms with Gasteiger partial charge in [-0.2, -0.15) is 5.26 Å². The van der Waals surface area contributed by atoms with Gasteiger partial charge in [0.15, 0.2) is 0 Å². The minimum Gasteiger partial charge on any atom is -0.379 e. The zero-order chi connectivity index (χ0) is 22.3. The van der Waals surface area contributed by atoms with Crippen molar-refractivity contribution in [1.82, 2.24) is 15.5 Å². The highest BCUT2D eigenvalue weighted by Gasteiger charge is 2.28. The molecule has 4 rings (SSSR count). The summed E-state index contributed by atoms with van der Waals surface area (Å²) >= 11 is 0. The molecule has 2 heterocycles. The molecule has 1 amide bonds. The molecule has 1 atom stereocenters. The van der Waals surface area contributed by atoms with Crippen LogP contribution in [-0.2, 0) is 9.53 Å². The summed E-state index contributed by atoms with van der Waals surface area (Å²) in [6.45, 7) is 6.59. The second-order valence-electron chi connectivity index (χ2n) is 8.03. The van der Waals surface area contributed by atoms with Gasteiger partial charge in [0.1, 0.15) is 0 Å². The summed E-state index contributed by atoms with van der Waals surface area (Å²) in [6.07, 6.45) is 2.08. The zero-order valence-corrected chi connectivity index (χ0v) is 18.3. The van der Waals surface area contributed by atoms with Crippen molar-refractivity contribution in [1.29, 1.82) is 5.26 Å². The molecule has 2 aromatic carbocycles. The van der Waals surface area contributed by atoms with Crippen molar-refractivity contribution in [3.63, 3.8) is 0 Å². The van der Waals surface area contributed by atoms with Crippen LogP contribution in [0.2, 0.25) is 0 Å². The molecule has 0 saturated carbocycles. The number of morpholine rings is 1. The van der Waals surface area contributed by atoms with E-state index in [1.807, 2.05) is 55.5 Å². The lowest BCUT2D eigenvalue weighted by atomic mass is 9.84. The van der Waals surface area contributed by atoms with Gasteiger partial charge in [0.25, 0.3) is 0 Å². The molecule has 0 radical (unpaired) electrons. The van der Waals surface area contributed by atoms with Crippen LogP contribution in [-0.4, -0.2) is 50.2 Å². The van der Waals surface area contributed by atoms with Crippen LogP contribution in [0.15, 0.2) is 71.9 Å². The fraction of sp³-hybridized carbons (Fsp3) is 0.308. The van der Waals surface area contributed by atoms with Crippen molar-refractivity contribution in [2.75, 3.05) is 39.4 Å². The van der Waals surface area contributed by atoms with E-state index in [0.717, 1.165) is 55.4 Å². The van der Waals surface area contributed by atoms with Gasteiger partial charge in [-0.25, -0.2) is 0 Å². The average Bonchev–Trinajstić information content (AvgIpc) is 2.84. The SMILES string of the molecule is CC1=C(C(=O)NCCN2CCOCC2)C(c2cccc(C#N)c2)C=C(c2ccccc2)N1. The molecule has 164 valence electrons. The zero-order valence-electron chi connectivity index (χ0n) is 18.3. The molecule has 2 aliphatic heterocycles. The number of rotatable bonds is 6. The minimum atomic E-state index is -0.247. The number of amides is 1. The topological polar surface area (TPSA) is 77.4 Å². The lowest BCUT2D eigenvalue weighted by Crippen LogP contribution is -2.42. The van der Waals surface area contributed by atoms with Gasteiger partial charge in [-0.3, -0.25) is 9.69 Å². The number of hydrogen-bond donors (Lipinski definition) is 2.